The summed E-state index contributed by atoms with van der Waals surface area (Å²) in [5.74, 6) is 0.879. The van der Waals surface area contributed by atoms with Crippen LogP contribution in [0.4, 0.5) is 0 Å². The second kappa shape index (κ2) is 7.77. The maximum absolute atomic E-state index is 5.35. The Bertz CT molecular complexity index is 1010. The summed E-state index contributed by atoms with van der Waals surface area (Å²) in [5.41, 5.74) is 5.89. The normalized spacial score (nSPS) is 20.1. The highest BCUT2D eigenvalue weighted by molar-refractivity contribution is 5.84. The van der Waals surface area contributed by atoms with E-state index in [-0.39, 0.29) is 0 Å². The molecule has 0 unspecified atom stereocenters. The number of piperazine rings is 1. The highest BCUT2D eigenvalue weighted by Crippen LogP contribution is 2.30. The van der Waals surface area contributed by atoms with Crippen molar-refractivity contribution in [2.24, 2.45) is 0 Å². The molecule has 29 heavy (non-hydrogen) atoms. The van der Waals surface area contributed by atoms with Crippen LogP contribution in [0, 0.1) is 6.92 Å². The second-order valence-electron chi connectivity index (χ2n) is 8.49. The number of fused-ring (bicyclic) bond motifs is 2. The van der Waals surface area contributed by atoms with Gasteiger partial charge in [0.2, 0.25) is 0 Å². The zero-order chi connectivity index (χ0) is 19.8. The number of aryl methyl sites for hydroxylation is 1. The lowest BCUT2D eigenvalue weighted by Gasteiger charge is -2.37. The highest BCUT2D eigenvalue weighted by Gasteiger charge is 2.30. The third-order valence-electron chi connectivity index (χ3n) is 6.48. The molecular weight excluding hydrogens is 358 g/mol. The summed E-state index contributed by atoms with van der Waals surface area (Å²) in [6.45, 7) is 7.89. The molecule has 2 aliphatic rings. The number of rotatable bonds is 4. The molecule has 0 aliphatic carbocycles. The van der Waals surface area contributed by atoms with Crippen LogP contribution in [-0.4, -0.2) is 54.1 Å². The van der Waals surface area contributed by atoms with Crippen molar-refractivity contribution in [2.75, 3.05) is 33.3 Å². The summed E-state index contributed by atoms with van der Waals surface area (Å²) in [4.78, 5) is 10.4. The number of benzene rings is 2. The highest BCUT2D eigenvalue weighted by atomic mass is 16.5. The van der Waals surface area contributed by atoms with E-state index in [9.17, 15) is 0 Å². The van der Waals surface area contributed by atoms with Crippen molar-refractivity contribution in [3.63, 3.8) is 0 Å². The van der Waals surface area contributed by atoms with E-state index in [1.807, 2.05) is 12.1 Å². The minimum absolute atomic E-state index is 0.740. The molecule has 0 N–H and O–H groups in total. The molecule has 3 aromatic rings. The van der Waals surface area contributed by atoms with Gasteiger partial charge in [0, 0.05) is 43.2 Å². The first-order valence-electron chi connectivity index (χ1n) is 10.7. The van der Waals surface area contributed by atoms with Crippen LogP contribution in [0.2, 0.25) is 0 Å². The van der Waals surface area contributed by atoms with Crippen molar-refractivity contribution < 1.29 is 4.74 Å². The van der Waals surface area contributed by atoms with Gasteiger partial charge in [0.15, 0.2) is 0 Å². The Balaban J connectivity index is 1.52. The van der Waals surface area contributed by atoms with Crippen LogP contribution in [0.5, 0.6) is 5.75 Å². The Morgan fingerprint density at radius 3 is 2.72 bits per heavy atom. The monoisotopic (exact) mass is 387 g/mol. The van der Waals surface area contributed by atoms with E-state index >= 15 is 0 Å². The number of aromatic nitrogens is 1. The standard InChI is InChI=1S/C25H29N3O/c1-18-5-6-20-15-21(16-27-12-13-28-11-3-4-22(28)17-27)25(26-24(20)14-18)19-7-9-23(29-2)10-8-19/h5-10,14-15,22H,3-4,11-13,16-17H2,1-2H3/t22-/m1/s1. The molecule has 1 aromatic heterocycles. The first kappa shape index (κ1) is 18.6. The van der Waals surface area contributed by atoms with Gasteiger partial charge in [-0.2, -0.15) is 0 Å². The van der Waals surface area contributed by atoms with Gasteiger partial charge in [0.1, 0.15) is 5.75 Å². The molecule has 0 spiro atoms. The number of hydrogen-bond acceptors (Lipinski definition) is 4. The maximum atomic E-state index is 5.35. The van der Waals surface area contributed by atoms with Gasteiger partial charge in [-0.3, -0.25) is 9.80 Å². The van der Waals surface area contributed by atoms with Crippen molar-refractivity contribution >= 4 is 10.9 Å². The molecule has 3 heterocycles. The zero-order valence-electron chi connectivity index (χ0n) is 17.4. The lowest BCUT2D eigenvalue weighted by Crippen LogP contribution is -2.49. The van der Waals surface area contributed by atoms with Crippen LogP contribution in [0.25, 0.3) is 22.2 Å². The average Bonchev–Trinajstić information content (AvgIpc) is 3.21. The molecule has 2 aromatic carbocycles. The molecule has 2 aliphatic heterocycles. The van der Waals surface area contributed by atoms with Gasteiger partial charge in [-0.25, -0.2) is 4.98 Å². The van der Waals surface area contributed by atoms with E-state index in [0.29, 0.717) is 0 Å². The average molecular weight is 388 g/mol. The van der Waals surface area contributed by atoms with E-state index in [1.54, 1.807) is 7.11 Å². The third kappa shape index (κ3) is 3.75. The number of methoxy groups -OCH3 is 1. The predicted octanol–water partition coefficient (Wildman–Crippen LogP) is 4.50. The fraction of sp³-hybridized carbons (Fsp3) is 0.400. The summed E-state index contributed by atoms with van der Waals surface area (Å²) in [7, 11) is 1.71. The first-order chi connectivity index (χ1) is 14.2. The number of hydrogen-bond donors (Lipinski definition) is 0. The van der Waals surface area contributed by atoms with Gasteiger partial charge in [-0.15, -0.1) is 0 Å². The molecular formula is C25H29N3O. The molecule has 2 fully saturated rings. The van der Waals surface area contributed by atoms with E-state index < -0.39 is 0 Å². The van der Waals surface area contributed by atoms with E-state index in [4.69, 9.17) is 9.72 Å². The SMILES string of the molecule is COc1ccc(-c2nc3cc(C)ccc3cc2CN2CCN3CCC[C@@H]3C2)cc1. The molecule has 5 rings (SSSR count). The van der Waals surface area contributed by atoms with Gasteiger partial charge in [-0.1, -0.05) is 12.1 Å². The van der Waals surface area contributed by atoms with Crippen LogP contribution in [0.1, 0.15) is 24.0 Å². The smallest absolute Gasteiger partial charge is 0.118 e. The van der Waals surface area contributed by atoms with Crippen molar-refractivity contribution in [1.82, 2.24) is 14.8 Å². The zero-order valence-corrected chi connectivity index (χ0v) is 17.4. The molecule has 0 amide bonds. The van der Waals surface area contributed by atoms with Gasteiger partial charge < -0.3 is 4.74 Å². The largest absolute Gasteiger partial charge is 0.497 e. The van der Waals surface area contributed by atoms with E-state index in [1.165, 1.54) is 49.0 Å². The topological polar surface area (TPSA) is 28.6 Å². The molecule has 2 saturated heterocycles. The lowest BCUT2D eigenvalue weighted by atomic mass is 10.0. The van der Waals surface area contributed by atoms with Crippen molar-refractivity contribution in [2.45, 2.75) is 32.4 Å². The predicted molar refractivity (Wildman–Crippen MR) is 118 cm³/mol. The van der Waals surface area contributed by atoms with E-state index in [2.05, 4.69) is 53.1 Å². The Kier molecular flexibility index (Phi) is 4.98. The summed E-state index contributed by atoms with van der Waals surface area (Å²) < 4.78 is 5.35. The van der Waals surface area contributed by atoms with Crippen LogP contribution < -0.4 is 4.74 Å². The van der Waals surface area contributed by atoms with Gasteiger partial charge in [0.05, 0.1) is 18.3 Å². The van der Waals surface area contributed by atoms with Gasteiger partial charge >= 0.3 is 0 Å². The quantitative estimate of drug-likeness (QED) is 0.659. The van der Waals surface area contributed by atoms with E-state index in [0.717, 1.165) is 41.7 Å². The van der Waals surface area contributed by atoms with Crippen LogP contribution in [0.3, 0.4) is 0 Å². The maximum Gasteiger partial charge on any atom is 0.118 e. The number of pyridine rings is 1. The first-order valence-corrected chi connectivity index (χ1v) is 10.7. The third-order valence-corrected chi connectivity index (χ3v) is 6.48. The molecule has 0 saturated carbocycles. The van der Waals surface area contributed by atoms with Gasteiger partial charge in [0.25, 0.3) is 0 Å². The Morgan fingerprint density at radius 1 is 1.03 bits per heavy atom. The minimum atomic E-state index is 0.740. The van der Waals surface area contributed by atoms with Crippen LogP contribution in [-0.2, 0) is 6.54 Å². The van der Waals surface area contributed by atoms with Crippen molar-refractivity contribution in [3.05, 3.63) is 59.7 Å². The number of ether oxygens (including phenoxy) is 1. The molecule has 4 nitrogen and oxygen atoms in total. The fourth-order valence-corrected chi connectivity index (χ4v) is 4.88. The summed E-state index contributed by atoms with van der Waals surface area (Å²) in [6, 6.07) is 18.0. The minimum Gasteiger partial charge on any atom is -0.497 e. The summed E-state index contributed by atoms with van der Waals surface area (Å²) >= 11 is 0. The van der Waals surface area contributed by atoms with Crippen molar-refractivity contribution in [1.29, 1.82) is 0 Å². The van der Waals surface area contributed by atoms with Crippen molar-refractivity contribution in [3.8, 4) is 17.0 Å². The molecule has 0 bridgehead atoms. The summed E-state index contributed by atoms with van der Waals surface area (Å²) in [5, 5.41) is 1.22. The van der Waals surface area contributed by atoms with Crippen LogP contribution >= 0.6 is 0 Å². The molecule has 4 heteroatoms. The van der Waals surface area contributed by atoms with Gasteiger partial charge in [-0.05, 0) is 73.8 Å². The molecule has 150 valence electrons. The fourth-order valence-electron chi connectivity index (χ4n) is 4.88. The lowest BCUT2D eigenvalue weighted by molar-refractivity contribution is 0.0994. The molecule has 0 radical (unpaired) electrons. The Hall–Kier alpha value is -2.43. The number of nitrogens with zero attached hydrogens (tertiary/aromatic N) is 3. The Labute approximate surface area is 173 Å². The Morgan fingerprint density at radius 2 is 1.90 bits per heavy atom. The van der Waals surface area contributed by atoms with Crippen LogP contribution in [0.15, 0.2) is 48.5 Å². The second-order valence-corrected chi connectivity index (χ2v) is 8.49. The summed E-state index contributed by atoms with van der Waals surface area (Å²) in [6.07, 6.45) is 2.70. The molecule has 1 atom stereocenters.